The van der Waals surface area contributed by atoms with Crippen molar-refractivity contribution in [3.05, 3.63) is 47.1 Å². The van der Waals surface area contributed by atoms with Crippen LogP contribution in [0.15, 0.2) is 41.6 Å². The van der Waals surface area contributed by atoms with Crippen molar-refractivity contribution in [3.63, 3.8) is 0 Å². The molecule has 2 aromatic rings. The molecular weight excluding hydrogens is 270 g/mol. The number of rotatable bonds is 1. The number of anilines is 1. The average Bonchev–Trinajstić information content (AvgIpc) is 2.32. The van der Waals surface area contributed by atoms with Crippen molar-refractivity contribution < 1.29 is 13.0 Å². The van der Waals surface area contributed by atoms with Gasteiger partial charge in [0.05, 0.1) is 11.9 Å². The van der Waals surface area contributed by atoms with Gasteiger partial charge in [0.1, 0.15) is 0 Å². The van der Waals surface area contributed by atoms with Crippen LogP contribution in [0.3, 0.4) is 0 Å². The fraction of sp³-hybridized carbons (Fsp3) is 0.0909. The zero-order valence-corrected chi connectivity index (χ0v) is 10.9. The van der Waals surface area contributed by atoms with Gasteiger partial charge in [-0.05, 0) is 23.8 Å². The number of H-pyrrole nitrogens is 1. The van der Waals surface area contributed by atoms with Gasteiger partial charge in [-0.2, -0.15) is 8.42 Å². The monoisotopic (exact) mass is 283 g/mol. The van der Waals surface area contributed by atoms with Gasteiger partial charge in [-0.15, -0.1) is 0 Å². The minimum atomic E-state index is -3.67. The van der Waals surface area contributed by atoms with E-state index in [1.165, 1.54) is 0 Å². The molecule has 2 rings (SSSR count). The highest BCUT2D eigenvalue weighted by atomic mass is 32.2. The van der Waals surface area contributed by atoms with Crippen molar-refractivity contribution >= 4 is 15.8 Å². The molecule has 7 nitrogen and oxygen atoms in total. The number of aromatic nitrogens is 2. The highest BCUT2D eigenvalue weighted by Gasteiger charge is 1.99. The van der Waals surface area contributed by atoms with Crippen LogP contribution in [0.25, 0.3) is 11.1 Å². The Hall–Kier alpha value is -2.19. The molecule has 8 heteroatoms. The first kappa shape index (κ1) is 14.9. The molecule has 0 saturated heterocycles. The molecule has 102 valence electrons. The topological polar surface area (TPSA) is 126 Å². The third kappa shape index (κ3) is 5.80. The predicted octanol–water partition coefficient (Wildman–Crippen LogP) is 0.523. The largest absolute Gasteiger partial charge is 0.394 e. The van der Waals surface area contributed by atoms with Crippen LogP contribution in [0.1, 0.15) is 0 Å². The molecule has 0 bridgehead atoms. The van der Waals surface area contributed by atoms with Crippen LogP contribution in [0.5, 0.6) is 0 Å². The number of pyridine rings is 2. The Morgan fingerprint density at radius 2 is 1.79 bits per heavy atom. The Balaban J connectivity index is 0.000000312. The smallest absolute Gasteiger partial charge is 0.271 e. The molecule has 0 aliphatic carbocycles. The summed E-state index contributed by atoms with van der Waals surface area (Å²) in [5, 5.41) is 0. The Bertz CT molecular complexity index is 687. The molecule has 0 amide bonds. The maximum atomic E-state index is 11.0. The predicted molar refractivity (Wildman–Crippen MR) is 72.2 cm³/mol. The second-order valence-electron chi connectivity index (χ2n) is 3.64. The molecule has 19 heavy (non-hydrogen) atoms. The van der Waals surface area contributed by atoms with Gasteiger partial charge in [-0.1, -0.05) is 0 Å². The zero-order chi connectivity index (χ0) is 14.5. The van der Waals surface area contributed by atoms with Crippen molar-refractivity contribution in [1.82, 2.24) is 9.97 Å². The van der Waals surface area contributed by atoms with Crippen LogP contribution in [0.4, 0.5) is 5.69 Å². The van der Waals surface area contributed by atoms with Gasteiger partial charge < -0.3 is 10.7 Å². The Labute approximate surface area is 109 Å². The minimum absolute atomic E-state index is 0.222. The fourth-order valence-corrected chi connectivity index (χ4v) is 1.21. The summed E-state index contributed by atoms with van der Waals surface area (Å²) in [6.07, 6.45) is 5.73. The lowest BCUT2D eigenvalue weighted by molar-refractivity contribution is 0.490. The molecule has 0 aromatic carbocycles. The maximum Gasteiger partial charge on any atom is 0.271 e. The summed E-state index contributed by atoms with van der Waals surface area (Å²) >= 11 is 0. The van der Waals surface area contributed by atoms with E-state index in [0.29, 0.717) is 6.26 Å². The number of hydrogen-bond acceptors (Lipinski definition) is 5. The van der Waals surface area contributed by atoms with Crippen molar-refractivity contribution in [2.45, 2.75) is 0 Å². The number of nitrogens with zero attached hydrogens (tertiary/aromatic N) is 1. The van der Waals surface area contributed by atoms with E-state index in [1.54, 1.807) is 24.7 Å². The summed E-state index contributed by atoms with van der Waals surface area (Å²) in [6, 6.07) is 5.36. The first-order valence-corrected chi connectivity index (χ1v) is 6.93. The molecule has 0 atom stereocenters. The molecule has 0 spiro atoms. The third-order valence-corrected chi connectivity index (χ3v) is 1.95. The van der Waals surface area contributed by atoms with E-state index in [2.05, 4.69) is 9.97 Å². The van der Waals surface area contributed by atoms with E-state index in [0.717, 1.165) is 11.1 Å². The van der Waals surface area contributed by atoms with Crippen LogP contribution in [-0.4, -0.2) is 29.2 Å². The van der Waals surface area contributed by atoms with Gasteiger partial charge >= 0.3 is 0 Å². The lowest BCUT2D eigenvalue weighted by atomic mass is 10.1. The van der Waals surface area contributed by atoms with Crippen LogP contribution in [0, 0.1) is 0 Å². The minimum Gasteiger partial charge on any atom is -0.394 e. The number of nitrogen functional groups attached to an aromatic ring is 1. The van der Waals surface area contributed by atoms with Crippen molar-refractivity contribution in [1.29, 1.82) is 0 Å². The number of hydrogen-bond donors (Lipinski definition) is 3. The Morgan fingerprint density at radius 3 is 2.26 bits per heavy atom. The van der Waals surface area contributed by atoms with Gasteiger partial charge in [-0.3, -0.25) is 14.3 Å². The highest BCUT2D eigenvalue weighted by Crippen LogP contribution is 2.16. The molecule has 0 aliphatic heterocycles. The van der Waals surface area contributed by atoms with Crippen molar-refractivity contribution in [3.8, 4) is 11.1 Å². The molecule has 2 heterocycles. The molecule has 0 aliphatic rings. The molecule has 0 fully saturated rings. The molecule has 0 unspecified atom stereocenters. The quantitative estimate of drug-likeness (QED) is 0.655. The second kappa shape index (κ2) is 6.12. The lowest BCUT2D eigenvalue weighted by Gasteiger charge is -2.00. The second-order valence-corrected chi connectivity index (χ2v) is 5.11. The molecular formula is C11H13N3O4S. The summed E-state index contributed by atoms with van der Waals surface area (Å²) in [5.41, 5.74) is 7.31. The first-order chi connectivity index (χ1) is 8.77. The molecule has 0 saturated carbocycles. The fourth-order valence-electron chi connectivity index (χ4n) is 1.21. The van der Waals surface area contributed by atoms with Crippen LogP contribution in [0.2, 0.25) is 0 Å². The van der Waals surface area contributed by atoms with E-state index in [1.807, 2.05) is 12.1 Å². The summed E-state index contributed by atoms with van der Waals surface area (Å²) in [4.78, 5) is 17.5. The Kier molecular flexibility index (Phi) is 4.79. The molecule has 2 aromatic heterocycles. The van der Waals surface area contributed by atoms with Crippen LogP contribution < -0.4 is 11.3 Å². The Morgan fingerprint density at radius 1 is 1.26 bits per heavy atom. The summed E-state index contributed by atoms with van der Waals surface area (Å²) in [7, 11) is -3.67. The highest BCUT2D eigenvalue weighted by molar-refractivity contribution is 7.85. The van der Waals surface area contributed by atoms with Gasteiger partial charge in [0.25, 0.3) is 15.7 Å². The van der Waals surface area contributed by atoms with Crippen LogP contribution >= 0.6 is 0 Å². The van der Waals surface area contributed by atoms with Crippen molar-refractivity contribution in [2.75, 3.05) is 12.0 Å². The van der Waals surface area contributed by atoms with E-state index in [9.17, 15) is 13.2 Å². The first-order valence-electron chi connectivity index (χ1n) is 5.08. The SMILES string of the molecule is CS(=O)(=O)O.Nc1cc(-c2ccncc2)c[nH]c1=O. The summed E-state index contributed by atoms with van der Waals surface area (Å²) in [5.74, 6) is 0. The average molecular weight is 283 g/mol. The lowest BCUT2D eigenvalue weighted by Crippen LogP contribution is -2.10. The van der Waals surface area contributed by atoms with E-state index < -0.39 is 10.1 Å². The van der Waals surface area contributed by atoms with Crippen LogP contribution in [-0.2, 0) is 10.1 Å². The summed E-state index contributed by atoms with van der Waals surface area (Å²) < 4.78 is 25.9. The van der Waals surface area contributed by atoms with Gasteiger partial charge in [-0.25, -0.2) is 0 Å². The standard InChI is InChI=1S/C10H9N3O.CH4O3S/c11-9-5-8(6-13-10(9)14)7-1-3-12-4-2-7;1-5(2,3)4/h1-6H,11H2,(H,13,14);1H3,(H,2,3,4). The maximum absolute atomic E-state index is 11.0. The van der Waals surface area contributed by atoms with E-state index in [4.69, 9.17) is 10.3 Å². The zero-order valence-electron chi connectivity index (χ0n) is 10.1. The number of aromatic amines is 1. The van der Waals surface area contributed by atoms with Gasteiger partial charge in [0.15, 0.2) is 0 Å². The van der Waals surface area contributed by atoms with Gasteiger partial charge in [0, 0.05) is 24.2 Å². The number of nitrogens with one attached hydrogen (secondary N) is 1. The van der Waals surface area contributed by atoms with Crippen molar-refractivity contribution in [2.24, 2.45) is 0 Å². The van der Waals surface area contributed by atoms with Gasteiger partial charge in [0.2, 0.25) is 0 Å². The normalized spacial score (nSPS) is 10.4. The van der Waals surface area contributed by atoms with E-state index >= 15 is 0 Å². The molecule has 0 radical (unpaired) electrons. The van der Waals surface area contributed by atoms with E-state index in [-0.39, 0.29) is 11.2 Å². The molecule has 4 N–H and O–H groups in total. The third-order valence-electron chi connectivity index (χ3n) is 1.95. The number of nitrogens with two attached hydrogens (primary N) is 1. The summed E-state index contributed by atoms with van der Waals surface area (Å²) in [6.45, 7) is 0.